The molecule has 22 heavy (non-hydrogen) atoms. The maximum absolute atomic E-state index is 12.2. The summed E-state index contributed by atoms with van der Waals surface area (Å²) in [5, 5.41) is 9.88. The van der Waals surface area contributed by atoms with Crippen molar-refractivity contribution in [3.05, 3.63) is 40.9 Å². The molecule has 2 rings (SSSR count). The Labute approximate surface area is 130 Å². The highest BCUT2D eigenvalue weighted by molar-refractivity contribution is 7.14. The van der Waals surface area contributed by atoms with Crippen molar-refractivity contribution < 1.29 is 14.4 Å². The van der Waals surface area contributed by atoms with Gasteiger partial charge in [-0.3, -0.25) is 14.4 Å². The molecule has 2 aromatic heterocycles. The number of aromatic nitrogens is 1. The van der Waals surface area contributed by atoms with Gasteiger partial charge in [0.15, 0.2) is 0 Å². The summed E-state index contributed by atoms with van der Waals surface area (Å²) in [7, 11) is 1.52. The Kier molecular flexibility index (Phi) is 4.84. The smallest absolute Gasteiger partial charge is 0.256 e. The normalized spacial score (nSPS) is 9.91. The second-order valence-electron chi connectivity index (χ2n) is 4.31. The average molecular weight is 318 g/mol. The van der Waals surface area contributed by atoms with Crippen molar-refractivity contribution in [2.75, 3.05) is 17.7 Å². The number of hydrogen-bond donors (Lipinski definition) is 3. The standard InChI is InChI=1S/C14H14N4O3S/c1-8(19)17-11-7-9(3-5-16-11)12(20)18-14-10(4-6-22-14)13(21)15-2/h3-7H,1-2H3,(H,15,21)(H,18,20)(H,16,17,19). The van der Waals surface area contributed by atoms with Crippen LogP contribution in [0, 0.1) is 0 Å². The van der Waals surface area contributed by atoms with Gasteiger partial charge in [0.1, 0.15) is 10.8 Å². The zero-order valence-electron chi connectivity index (χ0n) is 12.0. The summed E-state index contributed by atoms with van der Waals surface area (Å²) in [6.07, 6.45) is 1.42. The molecule has 8 heteroatoms. The molecule has 0 aliphatic carbocycles. The summed E-state index contributed by atoms with van der Waals surface area (Å²) >= 11 is 1.25. The summed E-state index contributed by atoms with van der Waals surface area (Å²) in [5.41, 5.74) is 0.729. The molecular weight excluding hydrogens is 304 g/mol. The van der Waals surface area contributed by atoms with Gasteiger partial charge < -0.3 is 16.0 Å². The zero-order valence-corrected chi connectivity index (χ0v) is 12.8. The van der Waals surface area contributed by atoms with Crippen molar-refractivity contribution in [1.82, 2.24) is 10.3 Å². The van der Waals surface area contributed by atoms with Crippen molar-refractivity contribution in [2.45, 2.75) is 6.92 Å². The van der Waals surface area contributed by atoms with Gasteiger partial charge in [0, 0.05) is 25.7 Å². The molecule has 7 nitrogen and oxygen atoms in total. The first-order chi connectivity index (χ1) is 10.5. The van der Waals surface area contributed by atoms with Crippen LogP contribution in [0.2, 0.25) is 0 Å². The van der Waals surface area contributed by atoms with Crippen molar-refractivity contribution in [2.24, 2.45) is 0 Å². The largest absolute Gasteiger partial charge is 0.355 e. The highest BCUT2D eigenvalue weighted by atomic mass is 32.1. The first kappa shape index (κ1) is 15.6. The molecule has 0 saturated heterocycles. The minimum absolute atomic E-state index is 0.273. The van der Waals surface area contributed by atoms with Crippen LogP contribution in [0.5, 0.6) is 0 Å². The molecule has 114 valence electrons. The predicted molar refractivity (Wildman–Crippen MR) is 84.2 cm³/mol. The molecule has 0 saturated carbocycles. The van der Waals surface area contributed by atoms with Gasteiger partial charge in [-0.25, -0.2) is 4.98 Å². The van der Waals surface area contributed by atoms with E-state index in [1.54, 1.807) is 11.4 Å². The second kappa shape index (κ2) is 6.81. The van der Waals surface area contributed by atoms with E-state index in [1.807, 2.05) is 0 Å². The monoisotopic (exact) mass is 318 g/mol. The number of carbonyl (C=O) groups excluding carboxylic acids is 3. The van der Waals surface area contributed by atoms with E-state index in [0.29, 0.717) is 16.1 Å². The Hall–Kier alpha value is -2.74. The Bertz CT molecular complexity index is 726. The molecule has 0 bridgehead atoms. The van der Waals surface area contributed by atoms with Crippen molar-refractivity contribution in [3.8, 4) is 0 Å². The van der Waals surface area contributed by atoms with Gasteiger partial charge in [-0.05, 0) is 23.6 Å². The quantitative estimate of drug-likeness (QED) is 0.799. The topological polar surface area (TPSA) is 100 Å². The number of nitrogens with zero attached hydrogens (tertiary/aromatic N) is 1. The van der Waals surface area contributed by atoms with Crippen LogP contribution in [0.1, 0.15) is 27.6 Å². The Balaban J connectivity index is 2.18. The van der Waals surface area contributed by atoms with E-state index < -0.39 is 0 Å². The van der Waals surface area contributed by atoms with Gasteiger partial charge in [-0.15, -0.1) is 11.3 Å². The first-order valence-electron chi connectivity index (χ1n) is 6.36. The van der Waals surface area contributed by atoms with Crippen LogP contribution >= 0.6 is 11.3 Å². The number of amides is 3. The molecule has 0 fully saturated rings. The first-order valence-corrected chi connectivity index (χ1v) is 7.24. The Morgan fingerprint density at radius 3 is 2.59 bits per heavy atom. The van der Waals surface area contributed by atoms with Crippen LogP contribution in [0.25, 0.3) is 0 Å². The number of anilines is 2. The summed E-state index contributed by atoms with van der Waals surface area (Å²) in [5.74, 6) is -0.644. The van der Waals surface area contributed by atoms with E-state index in [9.17, 15) is 14.4 Å². The number of rotatable bonds is 4. The summed E-state index contributed by atoms with van der Waals surface area (Å²) in [4.78, 5) is 38.9. The molecule has 0 radical (unpaired) electrons. The highest BCUT2D eigenvalue weighted by Gasteiger charge is 2.15. The number of nitrogens with one attached hydrogen (secondary N) is 3. The third-order valence-electron chi connectivity index (χ3n) is 2.69. The minimum atomic E-state index is -0.387. The number of pyridine rings is 1. The molecule has 3 amide bonds. The number of thiophene rings is 1. The minimum Gasteiger partial charge on any atom is -0.355 e. The molecule has 2 aromatic rings. The fourth-order valence-corrected chi connectivity index (χ4v) is 2.49. The Morgan fingerprint density at radius 2 is 1.91 bits per heavy atom. The maximum Gasteiger partial charge on any atom is 0.256 e. The lowest BCUT2D eigenvalue weighted by Crippen LogP contribution is -2.20. The highest BCUT2D eigenvalue weighted by Crippen LogP contribution is 2.24. The predicted octanol–water partition coefficient (Wildman–Crippen LogP) is 1.71. The van der Waals surface area contributed by atoms with Crippen molar-refractivity contribution in [3.63, 3.8) is 0 Å². The second-order valence-corrected chi connectivity index (χ2v) is 5.22. The van der Waals surface area contributed by atoms with Gasteiger partial charge in [0.2, 0.25) is 5.91 Å². The van der Waals surface area contributed by atoms with Crippen LogP contribution in [-0.2, 0) is 4.79 Å². The fraction of sp³-hybridized carbons (Fsp3) is 0.143. The molecule has 3 N–H and O–H groups in total. The summed E-state index contributed by atoms with van der Waals surface area (Å²) in [6.45, 7) is 1.36. The number of carbonyl (C=O) groups is 3. The summed E-state index contributed by atoms with van der Waals surface area (Å²) < 4.78 is 0. The lowest BCUT2D eigenvalue weighted by molar-refractivity contribution is -0.114. The van der Waals surface area contributed by atoms with Crippen LogP contribution in [0.15, 0.2) is 29.8 Å². The molecule has 0 spiro atoms. The van der Waals surface area contributed by atoms with Gasteiger partial charge in [0.25, 0.3) is 11.8 Å². The van der Waals surface area contributed by atoms with Crippen molar-refractivity contribution >= 4 is 39.9 Å². The molecule has 0 atom stereocenters. The molecule has 0 aliphatic rings. The number of hydrogen-bond acceptors (Lipinski definition) is 5. The van der Waals surface area contributed by atoms with E-state index in [1.165, 1.54) is 43.6 Å². The third kappa shape index (κ3) is 3.67. The SMILES string of the molecule is CNC(=O)c1ccsc1NC(=O)c1ccnc(NC(C)=O)c1. The van der Waals surface area contributed by atoms with Crippen LogP contribution in [0.4, 0.5) is 10.8 Å². The molecule has 0 unspecified atom stereocenters. The zero-order chi connectivity index (χ0) is 16.1. The van der Waals surface area contributed by atoms with Gasteiger partial charge >= 0.3 is 0 Å². The van der Waals surface area contributed by atoms with E-state index in [4.69, 9.17) is 0 Å². The lowest BCUT2D eigenvalue weighted by Gasteiger charge is -2.07. The van der Waals surface area contributed by atoms with Crippen molar-refractivity contribution in [1.29, 1.82) is 0 Å². The molecular formula is C14H14N4O3S. The van der Waals surface area contributed by atoms with E-state index in [2.05, 4.69) is 20.9 Å². The molecule has 0 aliphatic heterocycles. The van der Waals surface area contributed by atoms with Gasteiger partial charge in [-0.2, -0.15) is 0 Å². The average Bonchev–Trinajstić information content (AvgIpc) is 2.94. The molecule has 0 aromatic carbocycles. The van der Waals surface area contributed by atoms with Crippen LogP contribution in [-0.4, -0.2) is 29.8 Å². The molecule has 2 heterocycles. The van der Waals surface area contributed by atoms with E-state index in [-0.39, 0.29) is 23.5 Å². The fourth-order valence-electron chi connectivity index (χ4n) is 1.72. The van der Waals surface area contributed by atoms with E-state index >= 15 is 0 Å². The van der Waals surface area contributed by atoms with E-state index in [0.717, 1.165) is 0 Å². The van der Waals surface area contributed by atoms with Gasteiger partial charge in [0.05, 0.1) is 5.56 Å². The summed E-state index contributed by atoms with van der Waals surface area (Å²) in [6, 6.07) is 4.62. The van der Waals surface area contributed by atoms with Crippen LogP contribution < -0.4 is 16.0 Å². The lowest BCUT2D eigenvalue weighted by atomic mass is 10.2. The maximum atomic E-state index is 12.2. The van der Waals surface area contributed by atoms with Gasteiger partial charge in [-0.1, -0.05) is 0 Å². The Morgan fingerprint density at radius 1 is 1.14 bits per heavy atom. The van der Waals surface area contributed by atoms with Crippen LogP contribution in [0.3, 0.4) is 0 Å². The third-order valence-corrected chi connectivity index (χ3v) is 3.52.